The molecule has 2 aromatic carbocycles. The number of methoxy groups -OCH3 is 1. The van der Waals surface area contributed by atoms with E-state index in [2.05, 4.69) is 5.32 Å². The summed E-state index contributed by atoms with van der Waals surface area (Å²) in [6.45, 7) is 0.888. The van der Waals surface area contributed by atoms with E-state index in [1.807, 2.05) is 35.2 Å². The van der Waals surface area contributed by atoms with Crippen LogP contribution in [-0.4, -0.2) is 42.1 Å². The summed E-state index contributed by atoms with van der Waals surface area (Å²) in [6.07, 6.45) is 0.528. The Hall–Kier alpha value is -2.57. The summed E-state index contributed by atoms with van der Waals surface area (Å²) in [5.74, 6) is -0.988. The minimum atomic E-state index is -0.827. The zero-order chi connectivity index (χ0) is 19.4. The number of amides is 1. The summed E-state index contributed by atoms with van der Waals surface area (Å²) in [5, 5.41) is 12.6. The van der Waals surface area contributed by atoms with Crippen LogP contribution in [0.4, 0.5) is 5.69 Å². The van der Waals surface area contributed by atoms with Crippen LogP contribution in [-0.2, 0) is 9.59 Å². The molecule has 2 aromatic rings. The number of benzene rings is 2. The lowest BCUT2D eigenvalue weighted by atomic mass is 10.0. The molecule has 0 spiro atoms. The van der Waals surface area contributed by atoms with Gasteiger partial charge in [0.15, 0.2) is 0 Å². The zero-order valence-corrected chi connectivity index (χ0v) is 15.6. The SMILES string of the molecule is COc1ccc(NC(=O)C(c2ccccc2)N2CCC(C(=O)O)C2)cc1Cl. The van der Waals surface area contributed by atoms with Gasteiger partial charge < -0.3 is 15.2 Å². The second kappa shape index (κ2) is 8.41. The van der Waals surface area contributed by atoms with Crippen LogP contribution in [0, 0.1) is 5.92 Å². The Labute approximate surface area is 162 Å². The number of halogens is 1. The predicted octanol–water partition coefficient (Wildman–Crippen LogP) is 3.43. The van der Waals surface area contributed by atoms with Gasteiger partial charge in [-0.2, -0.15) is 0 Å². The number of nitrogens with zero attached hydrogens (tertiary/aromatic N) is 1. The number of ether oxygens (including phenoxy) is 1. The number of nitrogens with one attached hydrogen (secondary N) is 1. The molecule has 1 fully saturated rings. The first kappa shape index (κ1) is 19.2. The fraction of sp³-hybridized carbons (Fsp3) is 0.300. The van der Waals surface area contributed by atoms with Crippen molar-refractivity contribution in [2.24, 2.45) is 5.92 Å². The number of aliphatic carboxylic acids is 1. The van der Waals surface area contributed by atoms with Crippen LogP contribution in [0.1, 0.15) is 18.0 Å². The molecule has 3 rings (SSSR count). The van der Waals surface area contributed by atoms with Gasteiger partial charge in [-0.15, -0.1) is 0 Å². The van der Waals surface area contributed by atoms with Crippen LogP contribution in [0.25, 0.3) is 0 Å². The maximum atomic E-state index is 13.1. The molecule has 1 amide bonds. The maximum absolute atomic E-state index is 13.1. The first-order valence-corrected chi connectivity index (χ1v) is 9.03. The molecule has 6 nitrogen and oxygen atoms in total. The Morgan fingerprint density at radius 2 is 2.00 bits per heavy atom. The summed E-state index contributed by atoms with van der Waals surface area (Å²) in [5.41, 5.74) is 1.38. The number of carbonyl (C=O) groups is 2. The Kier molecular flexibility index (Phi) is 5.98. The lowest BCUT2D eigenvalue weighted by Crippen LogP contribution is -2.36. The molecule has 7 heteroatoms. The van der Waals surface area contributed by atoms with Gasteiger partial charge in [-0.1, -0.05) is 41.9 Å². The lowest BCUT2D eigenvalue weighted by Gasteiger charge is -2.27. The third-order valence-corrected chi connectivity index (χ3v) is 5.01. The van der Waals surface area contributed by atoms with Crippen molar-refractivity contribution < 1.29 is 19.4 Å². The molecule has 142 valence electrons. The van der Waals surface area contributed by atoms with E-state index >= 15 is 0 Å². The molecule has 0 bridgehead atoms. The quantitative estimate of drug-likeness (QED) is 0.792. The largest absolute Gasteiger partial charge is 0.495 e. The highest BCUT2D eigenvalue weighted by Gasteiger charge is 2.36. The third kappa shape index (κ3) is 4.40. The van der Waals surface area contributed by atoms with Crippen LogP contribution >= 0.6 is 11.6 Å². The first-order valence-electron chi connectivity index (χ1n) is 8.66. The van der Waals surface area contributed by atoms with Crippen molar-refractivity contribution in [2.45, 2.75) is 12.5 Å². The Morgan fingerprint density at radius 3 is 2.59 bits per heavy atom. The minimum absolute atomic E-state index is 0.228. The summed E-state index contributed by atoms with van der Waals surface area (Å²) in [7, 11) is 1.52. The normalized spacial score (nSPS) is 18.1. The number of likely N-dealkylation sites (tertiary alicyclic amines) is 1. The first-order chi connectivity index (χ1) is 13.0. The summed E-state index contributed by atoms with van der Waals surface area (Å²) in [4.78, 5) is 26.3. The van der Waals surface area contributed by atoms with Crippen molar-refractivity contribution in [1.82, 2.24) is 4.90 Å². The molecular weight excluding hydrogens is 368 g/mol. The van der Waals surface area contributed by atoms with Crippen molar-refractivity contribution in [1.29, 1.82) is 0 Å². The summed E-state index contributed by atoms with van der Waals surface area (Å²) in [6, 6.07) is 13.8. The van der Waals surface area contributed by atoms with Gasteiger partial charge in [0.1, 0.15) is 11.8 Å². The average molecular weight is 389 g/mol. The molecule has 1 heterocycles. The molecule has 1 aliphatic heterocycles. The number of carbonyl (C=O) groups excluding carboxylic acids is 1. The number of hydrogen-bond acceptors (Lipinski definition) is 4. The van der Waals surface area contributed by atoms with E-state index in [1.54, 1.807) is 18.2 Å². The average Bonchev–Trinajstić information content (AvgIpc) is 3.13. The molecule has 2 N–H and O–H groups in total. The van der Waals surface area contributed by atoms with Crippen LogP contribution in [0.2, 0.25) is 5.02 Å². The number of rotatable bonds is 6. The van der Waals surface area contributed by atoms with Crippen LogP contribution in [0.5, 0.6) is 5.75 Å². The summed E-state index contributed by atoms with van der Waals surface area (Å²) < 4.78 is 5.13. The summed E-state index contributed by atoms with van der Waals surface area (Å²) >= 11 is 6.14. The van der Waals surface area contributed by atoms with E-state index in [9.17, 15) is 14.7 Å². The standard InChI is InChI=1S/C20H21ClN2O4/c1-27-17-8-7-15(11-16(17)21)22-19(24)18(13-5-3-2-4-6-13)23-10-9-14(12-23)20(25)26/h2-8,11,14,18H,9-10,12H2,1H3,(H,22,24)(H,25,26). The van der Waals surface area contributed by atoms with E-state index in [0.717, 1.165) is 5.56 Å². The van der Waals surface area contributed by atoms with Gasteiger partial charge in [-0.3, -0.25) is 14.5 Å². The predicted molar refractivity (Wildman–Crippen MR) is 103 cm³/mol. The lowest BCUT2D eigenvalue weighted by molar-refractivity contribution is -0.141. The maximum Gasteiger partial charge on any atom is 0.307 e. The molecular formula is C20H21ClN2O4. The van der Waals surface area contributed by atoms with Gasteiger partial charge in [0, 0.05) is 18.8 Å². The number of carboxylic acids is 1. The van der Waals surface area contributed by atoms with Crippen molar-refractivity contribution in [3.05, 3.63) is 59.1 Å². The molecule has 0 saturated carbocycles. The van der Waals surface area contributed by atoms with Crippen molar-refractivity contribution in [3.8, 4) is 5.75 Å². The Morgan fingerprint density at radius 1 is 1.26 bits per heavy atom. The van der Waals surface area contributed by atoms with Gasteiger partial charge in [0.25, 0.3) is 0 Å². The van der Waals surface area contributed by atoms with Crippen molar-refractivity contribution in [2.75, 3.05) is 25.5 Å². The highest BCUT2D eigenvalue weighted by atomic mass is 35.5. The molecule has 27 heavy (non-hydrogen) atoms. The number of hydrogen-bond donors (Lipinski definition) is 2. The second-order valence-electron chi connectivity index (χ2n) is 6.47. The molecule has 2 atom stereocenters. The smallest absolute Gasteiger partial charge is 0.307 e. The molecule has 0 aromatic heterocycles. The van der Waals surface area contributed by atoms with Gasteiger partial charge in [-0.25, -0.2) is 0 Å². The highest BCUT2D eigenvalue weighted by Crippen LogP contribution is 2.31. The Bertz CT molecular complexity index is 828. The molecule has 0 radical (unpaired) electrons. The molecule has 1 saturated heterocycles. The van der Waals surface area contributed by atoms with Gasteiger partial charge in [0.2, 0.25) is 5.91 Å². The molecule has 0 aliphatic carbocycles. The number of anilines is 1. The van der Waals surface area contributed by atoms with Gasteiger partial charge in [0.05, 0.1) is 18.1 Å². The van der Waals surface area contributed by atoms with E-state index in [0.29, 0.717) is 36.0 Å². The monoisotopic (exact) mass is 388 g/mol. The van der Waals surface area contributed by atoms with Crippen molar-refractivity contribution >= 4 is 29.2 Å². The van der Waals surface area contributed by atoms with E-state index in [1.165, 1.54) is 7.11 Å². The molecule has 2 unspecified atom stereocenters. The van der Waals surface area contributed by atoms with E-state index < -0.39 is 17.9 Å². The van der Waals surface area contributed by atoms with Gasteiger partial charge in [-0.05, 0) is 30.2 Å². The zero-order valence-electron chi connectivity index (χ0n) is 14.9. The highest BCUT2D eigenvalue weighted by molar-refractivity contribution is 6.32. The fourth-order valence-electron chi connectivity index (χ4n) is 3.34. The van der Waals surface area contributed by atoms with Crippen molar-refractivity contribution in [3.63, 3.8) is 0 Å². The van der Waals surface area contributed by atoms with Gasteiger partial charge >= 0.3 is 5.97 Å². The minimum Gasteiger partial charge on any atom is -0.495 e. The van der Waals surface area contributed by atoms with Crippen LogP contribution < -0.4 is 10.1 Å². The van der Waals surface area contributed by atoms with Crippen LogP contribution in [0.15, 0.2) is 48.5 Å². The Balaban J connectivity index is 1.83. The van der Waals surface area contributed by atoms with Crippen LogP contribution in [0.3, 0.4) is 0 Å². The molecule has 1 aliphatic rings. The van der Waals surface area contributed by atoms with E-state index in [-0.39, 0.29) is 5.91 Å². The van der Waals surface area contributed by atoms with E-state index in [4.69, 9.17) is 16.3 Å². The topological polar surface area (TPSA) is 78.9 Å². The second-order valence-corrected chi connectivity index (χ2v) is 6.88. The fourth-order valence-corrected chi connectivity index (χ4v) is 3.60. The third-order valence-electron chi connectivity index (χ3n) is 4.72. The number of carboxylic acid groups (broad SMARTS) is 1.